The smallest absolute Gasteiger partial charge is 0.276 e. The van der Waals surface area contributed by atoms with Crippen molar-refractivity contribution in [2.75, 3.05) is 23.3 Å². The fourth-order valence-corrected chi connectivity index (χ4v) is 2.93. The molecule has 1 saturated heterocycles. The van der Waals surface area contributed by atoms with Crippen LogP contribution >= 0.6 is 0 Å². The Morgan fingerprint density at radius 1 is 1.12 bits per heavy atom. The van der Waals surface area contributed by atoms with Crippen molar-refractivity contribution in [3.8, 4) is 0 Å². The van der Waals surface area contributed by atoms with E-state index in [1.165, 1.54) is 12.8 Å². The summed E-state index contributed by atoms with van der Waals surface area (Å²) in [5, 5.41) is 11.3. The van der Waals surface area contributed by atoms with Crippen LogP contribution in [-0.2, 0) is 0 Å². The minimum atomic E-state index is -0.227. The topological polar surface area (TPSA) is 58.1 Å². The van der Waals surface area contributed by atoms with E-state index >= 15 is 0 Å². The standard InChI is InChI=1S/C19H24N4O/c1-13-9-11-23(12-10-13)18-8-7-17(21-22-18)19(24)20-16-6-4-5-14(2)15(16)3/h4-8,13H,9-12H2,1-3H3,(H,20,24). The first-order valence-corrected chi connectivity index (χ1v) is 8.51. The van der Waals surface area contributed by atoms with Crippen molar-refractivity contribution in [3.63, 3.8) is 0 Å². The second-order valence-electron chi connectivity index (χ2n) is 6.65. The zero-order chi connectivity index (χ0) is 17.1. The average Bonchev–Trinajstić information content (AvgIpc) is 2.60. The Hall–Kier alpha value is -2.43. The van der Waals surface area contributed by atoms with Crippen LogP contribution < -0.4 is 10.2 Å². The van der Waals surface area contributed by atoms with Crippen LogP contribution in [-0.4, -0.2) is 29.2 Å². The lowest BCUT2D eigenvalue weighted by atomic mass is 9.99. The van der Waals surface area contributed by atoms with E-state index in [4.69, 9.17) is 0 Å². The number of piperidine rings is 1. The fourth-order valence-electron chi connectivity index (χ4n) is 2.93. The molecule has 3 rings (SSSR count). The summed E-state index contributed by atoms with van der Waals surface area (Å²) in [6.45, 7) is 8.31. The fraction of sp³-hybridized carbons (Fsp3) is 0.421. The number of amides is 1. The number of aryl methyl sites for hydroxylation is 1. The molecule has 5 nitrogen and oxygen atoms in total. The lowest BCUT2D eigenvalue weighted by molar-refractivity contribution is 0.102. The van der Waals surface area contributed by atoms with E-state index in [9.17, 15) is 4.79 Å². The monoisotopic (exact) mass is 324 g/mol. The Morgan fingerprint density at radius 3 is 2.54 bits per heavy atom. The largest absolute Gasteiger partial charge is 0.355 e. The molecule has 24 heavy (non-hydrogen) atoms. The van der Waals surface area contributed by atoms with E-state index in [1.807, 2.05) is 38.1 Å². The molecule has 0 unspecified atom stereocenters. The molecule has 126 valence electrons. The third-order valence-electron chi connectivity index (χ3n) is 4.84. The quantitative estimate of drug-likeness (QED) is 0.937. The number of nitrogens with one attached hydrogen (secondary N) is 1. The van der Waals surface area contributed by atoms with Crippen molar-refractivity contribution in [1.29, 1.82) is 0 Å². The van der Waals surface area contributed by atoms with Crippen LogP contribution in [0.2, 0.25) is 0 Å². The summed E-state index contributed by atoms with van der Waals surface area (Å²) in [5.41, 5.74) is 3.37. The highest BCUT2D eigenvalue weighted by atomic mass is 16.1. The van der Waals surface area contributed by atoms with Crippen LogP contribution in [0.4, 0.5) is 11.5 Å². The maximum atomic E-state index is 12.4. The third kappa shape index (κ3) is 3.55. The summed E-state index contributed by atoms with van der Waals surface area (Å²) >= 11 is 0. The summed E-state index contributed by atoms with van der Waals surface area (Å²) in [6, 6.07) is 9.50. The van der Waals surface area contributed by atoms with Crippen molar-refractivity contribution in [2.24, 2.45) is 5.92 Å². The number of carbonyl (C=O) groups excluding carboxylic acids is 1. The first-order chi connectivity index (χ1) is 11.5. The molecule has 1 aliphatic rings. The first-order valence-electron chi connectivity index (χ1n) is 8.51. The lowest BCUT2D eigenvalue weighted by Crippen LogP contribution is -2.33. The van der Waals surface area contributed by atoms with E-state index in [0.717, 1.165) is 41.6 Å². The Bertz CT molecular complexity index is 719. The summed E-state index contributed by atoms with van der Waals surface area (Å²) in [5.74, 6) is 1.40. The van der Waals surface area contributed by atoms with E-state index in [2.05, 4.69) is 27.3 Å². The average molecular weight is 324 g/mol. The zero-order valence-electron chi connectivity index (χ0n) is 14.5. The van der Waals surface area contributed by atoms with Gasteiger partial charge in [-0.2, -0.15) is 0 Å². The maximum Gasteiger partial charge on any atom is 0.276 e. The van der Waals surface area contributed by atoms with Gasteiger partial charge in [-0.05, 0) is 61.9 Å². The molecule has 1 fully saturated rings. The molecule has 2 heterocycles. The normalized spacial score (nSPS) is 15.4. The molecule has 0 bridgehead atoms. The minimum absolute atomic E-state index is 0.227. The number of rotatable bonds is 3. The molecule has 0 saturated carbocycles. The molecule has 1 N–H and O–H groups in total. The Balaban J connectivity index is 1.69. The molecule has 5 heteroatoms. The van der Waals surface area contributed by atoms with Crippen LogP contribution in [0.1, 0.15) is 41.4 Å². The molecule has 0 aliphatic carbocycles. The summed E-state index contributed by atoms with van der Waals surface area (Å²) < 4.78 is 0. The minimum Gasteiger partial charge on any atom is -0.355 e. The molecule has 0 atom stereocenters. The van der Waals surface area contributed by atoms with Gasteiger partial charge in [0.05, 0.1) is 0 Å². The van der Waals surface area contributed by atoms with E-state index in [0.29, 0.717) is 5.69 Å². The number of aromatic nitrogens is 2. The highest BCUT2D eigenvalue weighted by Gasteiger charge is 2.18. The van der Waals surface area contributed by atoms with Crippen molar-refractivity contribution in [1.82, 2.24) is 10.2 Å². The number of carbonyl (C=O) groups is 1. The summed E-state index contributed by atoms with van der Waals surface area (Å²) in [4.78, 5) is 14.6. The third-order valence-corrected chi connectivity index (χ3v) is 4.84. The van der Waals surface area contributed by atoms with Gasteiger partial charge in [0, 0.05) is 18.8 Å². The van der Waals surface area contributed by atoms with Crippen molar-refractivity contribution < 1.29 is 4.79 Å². The van der Waals surface area contributed by atoms with E-state index < -0.39 is 0 Å². The van der Waals surface area contributed by atoms with Gasteiger partial charge in [0.1, 0.15) is 0 Å². The van der Waals surface area contributed by atoms with Gasteiger partial charge in [0.15, 0.2) is 11.5 Å². The second kappa shape index (κ2) is 6.99. The maximum absolute atomic E-state index is 12.4. The zero-order valence-corrected chi connectivity index (χ0v) is 14.5. The molecule has 1 aromatic carbocycles. The Labute approximate surface area is 143 Å². The number of hydrogen-bond donors (Lipinski definition) is 1. The molecule has 0 spiro atoms. The van der Waals surface area contributed by atoms with Crippen molar-refractivity contribution in [2.45, 2.75) is 33.6 Å². The van der Waals surface area contributed by atoms with Crippen LogP contribution in [0.3, 0.4) is 0 Å². The molecule has 1 amide bonds. The SMILES string of the molecule is Cc1cccc(NC(=O)c2ccc(N3CCC(C)CC3)nn2)c1C. The molecule has 0 radical (unpaired) electrons. The number of benzene rings is 1. The van der Waals surface area contributed by atoms with E-state index in [1.54, 1.807) is 6.07 Å². The molecule has 1 aliphatic heterocycles. The van der Waals surface area contributed by atoms with Gasteiger partial charge >= 0.3 is 0 Å². The van der Waals surface area contributed by atoms with Crippen LogP contribution in [0, 0.1) is 19.8 Å². The van der Waals surface area contributed by atoms with Crippen LogP contribution in [0.5, 0.6) is 0 Å². The first kappa shape index (κ1) is 16.4. The second-order valence-corrected chi connectivity index (χ2v) is 6.65. The number of hydrogen-bond acceptors (Lipinski definition) is 4. The molecular formula is C19H24N4O. The predicted molar refractivity (Wildman–Crippen MR) is 96.5 cm³/mol. The van der Waals surface area contributed by atoms with Gasteiger partial charge in [0.2, 0.25) is 0 Å². The van der Waals surface area contributed by atoms with Gasteiger partial charge < -0.3 is 10.2 Å². The number of anilines is 2. The molecular weight excluding hydrogens is 300 g/mol. The highest BCUT2D eigenvalue weighted by molar-refractivity contribution is 6.03. The van der Waals surface area contributed by atoms with Crippen molar-refractivity contribution in [3.05, 3.63) is 47.2 Å². The summed E-state index contributed by atoms with van der Waals surface area (Å²) in [7, 11) is 0. The molecule has 2 aromatic rings. The van der Waals surface area contributed by atoms with Crippen LogP contribution in [0.15, 0.2) is 30.3 Å². The van der Waals surface area contributed by atoms with Gasteiger partial charge in [-0.1, -0.05) is 19.1 Å². The Morgan fingerprint density at radius 2 is 1.88 bits per heavy atom. The van der Waals surface area contributed by atoms with Gasteiger partial charge in [-0.3, -0.25) is 4.79 Å². The highest BCUT2D eigenvalue weighted by Crippen LogP contribution is 2.21. The van der Waals surface area contributed by atoms with E-state index in [-0.39, 0.29) is 5.91 Å². The Kier molecular flexibility index (Phi) is 4.79. The molecule has 1 aromatic heterocycles. The van der Waals surface area contributed by atoms with Gasteiger partial charge in [0.25, 0.3) is 5.91 Å². The van der Waals surface area contributed by atoms with Gasteiger partial charge in [-0.15, -0.1) is 10.2 Å². The van der Waals surface area contributed by atoms with Crippen molar-refractivity contribution >= 4 is 17.4 Å². The number of nitrogens with zero attached hydrogens (tertiary/aromatic N) is 3. The lowest BCUT2D eigenvalue weighted by Gasteiger charge is -2.30. The van der Waals surface area contributed by atoms with Crippen LogP contribution in [0.25, 0.3) is 0 Å². The predicted octanol–water partition coefficient (Wildman–Crippen LogP) is 3.58. The summed E-state index contributed by atoms with van der Waals surface area (Å²) in [6.07, 6.45) is 2.35. The van der Waals surface area contributed by atoms with Gasteiger partial charge in [-0.25, -0.2) is 0 Å².